The summed E-state index contributed by atoms with van der Waals surface area (Å²) in [5.74, 6) is 0.184. The largest absolute Gasteiger partial charge is 0.396 e. The Morgan fingerprint density at radius 1 is 1.39 bits per heavy atom. The first-order valence-corrected chi connectivity index (χ1v) is 11.4. The van der Waals surface area contributed by atoms with Crippen LogP contribution < -0.4 is 10.0 Å². The summed E-state index contributed by atoms with van der Waals surface area (Å²) in [6.07, 6.45) is 4.96. The Balaban J connectivity index is 1.51. The fourth-order valence-corrected chi connectivity index (χ4v) is 5.85. The van der Waals surface area contributed by atoms with E-state index in [0.717, 1.165) is 19.3 Å². The molecule has 7 nitrogen and oxygen atoms in total. The number of hydrogen-bond acceptors (Lipinski definition) is 6. The first-order valence-electron chi connectivity index (χ1n) is 9.88. The van der Waals surface area contributed by atoms with Gasteiger partial charge in [0.2, 0.25) is 10.0 Å². The highest BCUT2D eigenvalue weighted by Gasteiger charge is 2.52. The predicted octanol–water partition coefficient (Wildman–Crippen LogP) is 1.90. The highest BCUT2D eigenvalue weighted by molar-refractivity contribution is 7.89. The fraction of sp³-hybridized carbons (Fsp3) is 0.737. The van der Waals surface area contributed by atoms with E-state index >= 15 is 0 Å². The number of nitrogens with zero attached hydrogens (tertiary/aromatic N) is 1. The minimum absolute atomic E-state index is 0.0326. The molecule has 28 heavy (non-hydrogen) atoms. The first kappa shape index (κ1) is 20.0. The second kappa shape index (κ2) is 7.19. The second-order valence-electron chi connectivity index (χ2n) is 8.69. The smallest absolute Gasteiger partial charge is 0.244 e. The van der Waals surface area contributed by atoms with Gasteiger partial charge in [-0.1, -0.05) is 0 Å². The summed E-state index contributed by atoms with van der Waals surface area (Å²) in [4.78, 5) is 4.24. The molecule has 4 atom stereocenters. The summed E-state index contributed by atoms with van der Waals surface area (Å²) >= 11 is 0. The van der Waals surface area contributed by atoms with Crippen molar-refractivity contribution in [3.05, 3.63) is 17.8 Å². The number of aliphatic hydroxyl groups is 1. The molecule has 0 radical (unpaired) electrons. The lowest BCUT2D eigenvalue weighted by Crippen LogP contribution is -2.45. The molecule has 1 saturated heterocycles. The molecule has 0 amide bonds. The maximum Gasteiger partial charge on any atom is 0.244 e. The van der Waals surface area contributed by atoms with E-state index in [-0.39, 0.29) is 29.3 Å². The van der Waals surface area contributed by atoms with Crippen LogP contribution in [0.1, 0.15) is 44.1 Å². The minimum Gasteiger partial charge on any atom is -0.396 e. The summed E-state index contributed by atoms with van der Waals surface area (Å²) in [6.45, 7) is 2.44. The van der Waals surface area contributed by atoms with Crippen molar-refractivity contribution in [2.24, 2.45) is 5.41 Å². The summed E-state index contributed by atoms with van der Waals surface area (Å²) in [7, 11) is -3.86. The Labute approximate surface area is 165 Å². The molecule has 0 spiro atoms. The molecule has 1 aromatic heterocycles. The van der Waals surface area contributed by atoms with Gasteiger partial charge in [-0.25, -0.2) is 22.5 Å². The van der Waals surface area contributed by atoms with Crippen molar-refractivity contribution in [1.29, 1.82) is 0 Å². The van der Waals surface area contributed by atoms with E-state index in [0.29, 0.717) is 31.4 Å². The van der Waals surface area contributed by atoms with Gasteiger partial charge in [-0.05, 0) is 57.1 Å². The van der Waals surface area contributed by atoms with Crippen LogP contribution in [-0.4, -0.2) is 56.1 Å². The zero-order chi connectivity index (χ0) is 20.0. The molecular formula is C19H28FN3O4S. The summed E-state index contributed by atoms with van der Waals surface area (Å²) in [5, 5.41) is 12.7. The van der Waals surface area contributed by atoms with Crippen molar-refractivity contribution in [2.75, 3.05) is 25.1 Å². The van der Waals surface area contributed by atoms with E-state index in [1.54, 1.807) is 19.2 Å². The molecule has 0 aromatic carbocycles. The Kier molecular flexibility index (Phi) is 5.14. The number of hydrogen-bond donors (Lipinski definition) is 3. The van der Waals surface area contributed by atoms with E-state index in [2.05, 4.69) is 15.0 Å². The number of aryl methyl sites for hydroxylation is 1. The molecular weight excluding hydrogens is 385 g/mol. The van der Waals surface area contributed by atoms with Gasteiger partial charge in [-0.2, -0.15) is 0 Å². The standard InChI is InChI=1S/C19H28FN3O4S/c1-13-7-16(17(21-8-13)23-15-4-3-14(15)20)28(25,26)22-10-19-6-2-5-18(9-19,11-24)12-27-19/h7-8,14-15,22,24H,2-6,9-12H2,1H3,(H,21,23)/t14-,15+,18?,19?/m0/s1. The number of fused-ring (bicyclic) bond motifs is 2. The zero-order valence-electron chi connectivity index (χ0n) is 16.1. The predicted molar refractivity (Wildman–Crippen MR) is 102 cm³/mol. The van der Waals surface area contributed by atoms with Gasteiger partial charge in [0.15, 0.2) is 0 Å². The van der Waals surface area contributed by atoms with Gasteiger partial charge in [0.25, 0.3) is 0 Å². The summed E-state index contributed by atoms with van der Waals surface area (Å²) in [5.41, 5.74) is -0.109. The van der Waals surface area contributed by atoms with Crippen LogP contribution >= 0.6 is 0 Å². The molecule has 2 bridgehead atoms. The van der Waals surface area contributed by atoms with Crippen LogP contribution in [0.25, 0.3) is 0 Å². The molecule has 2 saturated carbocycles. The number of pyridine rings is 1. The highest BCUT2D eigenvalue weighted by Crippen LogP contribution is 2.49. The van der Waals surface area contributed by atoms with Gasteiger partial charge in [-0.15, -0.1) is 0 Å². The van der Waals surface area contributed by atoms with Gasteiger partial charge < -0.3 is 15.2 Å². The van der Waals surface area contributed by atoms with Gasteiger partial charge in [-0.3, -0.25) is 0 Å². The highest BCUT2D eigenvalue weighted by atomic mass is 32.2. The Morgan fingerprint density at radius 2 is 2.21 bits per heavy atom. The van der Waals surface area contributed by atoms with Crippen LogP contribution in [0.5, 0.6) is 0 Å². The molecule has 9 heteroatoms. The number of aromatic nitrogens is 1. The Morgan fingerprint density at radius 3 is 2.89 bits per heavy atom. The molecule has 2 unspecified atom stereocenters. The average molecular weight is 414 g/mol. The number of anilines is 1. The quantitative estimate of drug-likeness (QED) is 0.631. The van der Waals surface area contributed by atoms with Crippen LogP contribution in [0.2, 0.25) is 0 Å². The van der Waals surface area contributed by atoms with Gasteiger partial charge in [0, 0.05) is 18.2 Å². The molecule has 3 fully saturated rings. The van der Waals surface area contributed by atoms with E-state index in [9.17, 15) is 17.9 Å². The molecule has 1 aromatic rings. The van der Waals surface area contributed by atoms with Crippen molar-refractivity contribution in [2.45, 2.75) is 68.2 Å². The average Bonchev–Trinajstić information content (AvgIpc) is 2.95. The third-order valence-corrected chi connectivity index (χ3v) is 7.85. The molecule has 3 N–H and O–H groups in total. The van der Waals surface area contributed by atoms with Gasteiger partial charge in [0.1, 0.15) is 16.9 Å². The number of nitrogens with one attached hydrogen (secondary N) is 2. The third-order valence-electron chi connectivity index (χ3n) is 6.43. The number of rotatable bonds is 7. The number of alkyl halides is 1. The fourth-order valence-electron chi connectivity index (χ4n) is 4.54. The Bertz CT molecular complexity index is 852. The van der Waals surface area contributed by atoms with Crippen molar-refractivity contribution < 1.29 is 22.7 Å². The molecule has 2 heterocycles. The second-order valence-corrected chi connectivity index (χ2v) is 10.4. The number of aliphatic hydroxyl groups excluding tert-OH is 1. The van der Waals surface area contributed by atoms with Crippen molar-refractivity contribution >= 4 is 15.8 Å². The van der Waals surface area contributed by atoms with Crippen LogP contribution in [0, 0.1) is 12.3 Å². The third kappa shape index (κ3) is 3.65. The minimum atomic E-state index is -3.86. The van der Waals surface area contributed by atoms with E-state index in [1.807, 2.05) is 0 Å². The lowest BCUT2D eigenvalue weighted by atomic mass is 9.71. The van der Waals surface area contributed by atoms with Crippen LogP contribution in [0.3, 0.4) is 0 Å². The first-order chi connectivity index (χ1) is 13.3. The normalized spacial score (nSPS) is 34.8. The van der Waals surface area contributed by atoms with Crippen molar-refractivity contribution in [1.82, 2.24) is 9.71 Å². The summed E-state index contributed by atoms with van der Waals surface area (Å²) in [6, 6.07) is 1.15. The van der Waals surface area contributed by atoms with Crippen LogP contribution in [-0.2, 0) is 14.8 Å². The summed E-state index contributed by atoms with van der Waals surface area (Å²) < 4.78 is 48.4. The Hall–Kier alpha value is -1.29. The van der Waals surface area contributed by atoms with E-state index in [4.69, 9.17) is 4.74 Å². The van der Waals surface area contributed by atoms with E-state index in [1.165, 1.54) is 0 Å². The van der Waals surface area contributed by atoms with E-state index < -0.39 is 27.8 Å². The molecule has 4 rings (SSSR count). The topological polar surface area (TPSA) is 101 Å². The van der Waals surface area contributed by atoms with Crippen LogP contribution in [0.15, 0.2) is 17.2 Å². The van der Waals surface area contributed by atoms with Gasteiger partial charge >= 0.3 is 0 Å². The van der Waals surface area contributed by atoms with Crippen LogP contribution in [0.4, 0.5) is 10.2 Å². The van der Waals surface area contributed by atoms with Crippen molar-refractivity contribution in [3.63, 3.8) is 0 Å². The molecule has 2 aliphatic carbocycles. The molecule has 1 aliphatic heterocycles. The number of sulfonamides is 1. The maximum atomic E-state index is 13.6. The lowest BCUT2D eigenvalue weighted by Gasteiger charge is -2.36. The maximum absolute atomic E-state index is 13.6. The van der Waals surface area contributed by atoms with Gasteiger partial charge in [0.05, 0.1) is 24.9 Å². The zero-order valence-corrected chi connectivity index (χ0v) is 16.9. The SMILES string of the molecule is Cc1cnc(N[C@@H]2CC[C@@H]2F)c(S(=O)(=O)NCC23CCCC(CO)(CO2)C3)c1. The lowest BCUT2D eigenvalue weighted by molar-refractivity contribution is 0.00318. The van der Waals surface area contributed by atoms with Crippen molar-refractivity contribution in [3.8, 4) is 0 Å². The molecule has 3 aliphatic rings. The number of halogens is 1. The monoisotopic (exact) mass is 413 g/mol. The molecule has 156 valence electrons. The number of ether oxygens (including phenoxy) is 1.